The average molecular weight is 238 g/mol. The van der Waals surface area contributed by atoms with Crippen LogP contribution in [0, 0.1) is 11.8 Å². The number of hydrogen-bond acceptors (Lipinski definition) is 2. The van der Waals surface area contributed by atoms with Crippen molar-refractivity contribution in [1.82, 2.24) is 5.32 Å². The third-order valence-electron chi connectivity index (χ3n) is 4.55. The molecule has 0 aromatic heterocycles. The molecule has 2 fully saturated rings. The van der Waals surface area contributed by atoms with Gasteiger partial charge in [0.2, 0.25) is 5.91 Å². The molecule has 0 spiro atoms. The molecule has 0 aromatic rings. The minimum Gasteiger partial charge on any atom is -0.354 e. The van der Waals surface area contributed by atoms with Crippen LogP contribution in [0.3, 0.4) is 0 Å². The topological polar surface area (TPSA) is 55.1 Å². The van der Waals surface area contributed by atoms with Gasteiger partial charge < -0.3 is 11.1 Å². The number of nitrogens with two attached hydrogens (primary N) is 1. The summed E-state index contributed by atoms with van der Waals surface area (Å²) in [6.07, 6.45) is 8.99. The van der Waals surface area contributed by atoms with Gasteiger partial charge in [0.1, 0.15) is 0 Å². The van der Waals surface area contributed by atoms with Crippen LogP contribution in [0.4, 0.5) is 0 Å². The minimum absolute atomic E-state index is 0.0942. The number of nitrogens with one attached hydrogen (secondary N) is 1. The molecule has 2 rings (SSSR count). The Hall–Kier alpha value is -0.570. The van der Waals surface area contributed by atoms with E-state index >= 15 is 0 Å². The molecule has 2 aliphatic rings. The van der Waals surface area contributed by atoms with Crippen LogP contribution in [0.5, 0.6) is 0 Å². The van der Waals surface area contributed by atoms with Crippen LogP contribution in [-0.2, 0) is 4.79 Å². The standard InChI is InChI=1S/C14H26N2O/c1-11-5-6-12(9-11)10-16-13(17)14(15)7-3-2-4-8-14/h11-12H,2-10,15H2,1H3,(H,16,17). The zero-order valence-corrected chi connectivity index (χ0v) is 11.0. The van der Waals surface area contributed by atoms with Crippen molar-refractivity contribution >= 4 is 5.91 Å². The van der Waals surface area contributed by atoms with E-state index in [0.717, 1.165) is 38.1 Å². The number of hydrogen-bond donors (Lipinski definition) is 2. The van der Waals surface area contributed by atoms with Gasteiger partial charge in [0.25, 0.3) is 0 Å². The molecule has 2 aliphatic carbocycles. The predicted molar refractivity (Wildman–Crippen MR) is 69.5 cm³/mol. The molecule has 2 atom stereocenters. The van der Waals surface area contributed by atoms with Gasteiger partial charge in [-0.1, -0.05) is 32.6 Å². The Kier molecular flexibility index (Phi) is 4.08. The third-order valence-corrected chi connectivity index (χ3v) is 4.55. The maximum Gasteiger partial charge on any atom is 0.240 e. The maximum absolute atomic E-state index is 12.1. The SMILES string of the molecule is CC1CCC(CNC(=O)C2(N)CCCCC2)C1. The predicted octanol–water partition coefficient (Wildman–Crippen LogP) is 2.20. The van der Waals surface area contributed by atoms with Crippen molar-refractivity contribution in [3.05, 3.63) is 0 Å². The van der Waals surface area contributed by atoms with E-state index in [2.05, 4.69) is 12.2 Å². The second-order valence-electron chi connectivity index (χ2n) is 6.21. The van der Waals surface area contributed by atoms with Crippen LogP contribution < -0.4 is 11.1 Å². The highest BCUT2D eigenvalue weighted by atomic mass is 16.2. The van der Waals surface area contributed by atoms with Crippen molar-refractivity contribution < 1.29 is 4.79 Å². The van der Waals surface area contributed by atoms with E-state index in [9.17, 15) is 4.79 Å². The molecule has 3 nitrogen and oxygen atoms in total. The summed E-state index contributed by atoms with van der Waals surface area (Å²) in [6.45, 7) is 3.13. The van der Waals surface area contributed by atoms with Gasteiger partial charge in [-0.15, -0.1) is 0 Å². The fraction of sp³-hybridized carbons (Fsp3) is 0.929. The molecule has 1 amide bonds. The van der Waals surface area contributed by atoms with Crippen LogP contribution in [0.1, 0.15) is 58.3 Å². The zero-order valence-electron chi connectivity index (χ0n) is 11.0. The fourth-order valence-electron chi connectivity index (χ4n) is 3.33. The molecule has 17 heavy (non-hydrogen) atoms. The fourth-order valence-corrected chi connectivity index (χ4v) is 3.33. The van der Waals surface area contributed by atoms with Crippen molar-refractivity contribution in [2.45, 2.75) is 63.8 Å². The Balaban J connectivity index is 1.76. The van der Waals surface area contributed by atoms with E-state index < -0.39 is 5.54 Å². The Morgan fingerprint density at radius 3 is 2.59 bits per heavy atom. The van der Waals surface area contributed by atoms with Crippen molar-refractivity contribution in [1.29, 1.82) is 0 Å². The smallest absolute Gasteiger partial charge is 0.240 e. The number of amides is 1. The first kappa shape index (κ1) is 12.9. The minimum atomic E-state index is -0.567. The molecule has 0 aliphatic heterocycles. The van der Waals surface area contributed by atoms with E-state index in [4.69, 9.17) is 5.73 Å². The molecule has 2 unspecified atom stereocenters. The van der Waals surface area contributed by atoms with Gasteiger partial charge in [0.05, 0.1) is 5.54 Å². The van der Waals surface area contributed by atoms with Gasteiger partial charge in [0.15, 0.2) is 0 Å². The summed E-state index contributed by atoms with van der Waals surface area (Å²) in [5.41, 5.74) is 5.64. The van der Waals surface area contributed by atoms with Crippen LogP contribution in [-0.4, -0.2) is 18.0 Å². The van der Waals surface area contributed by atoms with E-state index in [1.54, 1.807) is 0 Å². The molecule has 3 N–H and O–H groups in total. The second kappa shape index (κ2) is 5.38. The average Bonchev–Trinajstić information content (AvgIpc) is 2.73. The van der Waals surface area contributed by atoms with Crippen LogP contribution >= 0.6 is 0 Å². The summed E-state index contributed by atoms with van der Waals surface area (Å²) in [7, 11) is 0. The molecule has 0 radical (unpaired) electrons. The highest BCUT2D eigenvalue weighted by Crippen LogP contribution is 2.30. The van der Waals surface area contributed by atoms with E-state index in [1.807, 2.05) is 0 Å². The monoisotopic (exact) mass is 238 g/mol. The van der Waals surface area contributed by atoms with Gasteiger partial charge in [-0.3, -0.25) is 4.79 Å². The maximum atomic E-state index is 12.1. The van der Waals surface area contributed by atoms with E-state index in [0.29, 0.717) is 5.92 Å². The van der Waals surface area contributed by atoms with Crippen molar-refractivity contribution in [2.75, 3.05) is 6.54 Å². The summed E-state index contributed by atoms with van der Waals surface area (Å²) in [4.78, 5) is 12.1. The molecule has 2 saturated carbocycles. The lowest BCUT2D eigenvalue weighted by Crippen LogP contribution is -2.55. The van der Waals surface area contributed by atoms with Crippen LogP contribution in [0.25, 0.3) is 0 Å². The van der Waals surface area contributed by atoms with Crippen LogP contribution in [0.15, 0.2) is 0 Å². The highest BCUT2D eigenvalue weighted by molar-refractivity contribution is 5.86. The molecular formula is C14H26N2O. The van der Waals surface area contributed by atoms with Gasteiger partial charge in [0, 0.05) is 6.54 Å². The summed E-state index contributed by atoms with van der Waals surface area (Å²) in [6, 6.07) is 0. The molecular weight excluding hydrogens is 212 g/mol. The summed E-state index contributed by atoms with van der Waals surface area (Å²) in [5.74, 6) is 1.61. The number of carbonyl (C=O) groups excluding carboxylic acids is 1. The van der Waals surface area contributed by atoms with E-state index in [1.165, 1.54) is 25.7 Å². The van der Waals surface area contributed by atoms with Crippen molar-refractivity contribution in [3.63, 3.8) is 0 Å². The summed E-state index contributed by atoms with van der Waals surface area (Å²) in [5, 5.41) is 3.09. The summed E-state index contributed by atoms with van der Waals surface area (Å²) < 4.78 is 0. The Bertz CT molecular complexity index is 271. The lowest BCUT2D eigenvalue weighted by atomic mass is 9.82. The lowest BCUT2D eigenvalue weighted by molar-refractivity contribution is -0.127. The Morgan fingerprint density at radius 1 is 1.29 bits per heavy atom. The lowest BCUT2D eigenvalue weighted by Gasteiger charge is -2.32. The Labute approximate surface area is 105 Å². The van der Waals surface area contributed by atoms with Gasteiger partial charge in [-0.25, -0.2) is 0 Å². The first-order valence-electron chi connectivity index (χ1n) is 7.17. The first-order chi connectivity index (χ1) is 8.10. The molecule has 0 heterocycles. The van der Waals surface area contributed by atoms with Crippen molar-refractivity contribution in [3.8, 4) is 0 Å². The third kappa shape index (κ3) is 3.21. The van der Waals surface area contributed by atoms with Crippen molar-refractivity contribution in [2.24, 2.45) is 17.6 Å². The van der Waals surface area contributed by atoms with Gasteiger partial charge in [-0.2, -0.15) is 0 Å². The number of rotatable bonds is 3. The quantitative estimate of drug-likeness (QED) is 0.792. The second-order valence-corrected chi connectivity index (χ2v) is 6.21. The molecule has 3 heteroatoms. The zero-order chi connectivity index (χ0) is 12.3. The largest absolute Gasteiger partial charge is 0.354 e. The molecule has 0 saturated heterocycles. The van der Waals surface area contributed by atoms with Gasteiger partial charge >= 0.3 is 0 Å². The first-order valence-corrected chi connectivity index (χ1v) is 7.17. The molecule has 98 valence electrons. The molecule has 0 bridgehead atoms. The summed E-state index contributed by atoms with van der Waals surface area (Å²) >= 11 is 0. The van der Waals surface area contributed by atoms with E-state index in [-0.39, 0.29) is 5.91 Å². The molecule has 0 aromatic carbocycles. The number of carbonyl (C=O) groups is 1. The normalized spacial score (nSPS) is 32.4. The highest BCUT2D eigenvalue weighted by Gasteiger charge is 2.35. The Morgan fingerprint density at radius 2 is 2.00 bits per heavy atom. The van der Waals surface area contributed by atoms with Crippen LogP contribution in [0.2, 0.25) is 0 Å². The van der Waals surface area contributed by atoms with Gasteiger partial charge in [-0.05, 0) is 37.5 Å².